The van der Waals surface area contributed by atoms with Crippen LogP contribution in [0.25, 0.3) is 0 Å². The number of amides is 2. The summed E-state index contributed by atoms with van der Waals surface area (Å²) in [5, 5.41) is 5.47. The minimum atomic E-state index is -0.127. The van der Waals surface area contributed by atoms with E-state index in [4.69, 9.17) is 0 Å². The second-order valence-corrected chi connectivity index (χ2v) is 8.72. The summed E-state index contributed by atoms with van der Waals surface area (Å²) in [6, 6.07) is 0. The number of nitrogens with zero attached hydrogens (tertiary/aromatic N) is 2. The van der Waals surface area contributed by atoms with Gasteiger partial charge in [-0.05, 0) is 19.3 Å². The number of hydrogen-bond acceptors (Lipinski definition) is 4. The molecule has 6 heteroatoms. The molecular formula is C23H41N3O2S. The van der Waals surface area contributed by atoms with E-state index in [9.17, 15) is 9.59 Å². The summed E-state index contributed by atoms with van der Waals surface area (Å²) in [4.78, 5) is 31.0. The van der Waals surface area contributed by atoms with Crippen molar-refractivity contribution >= 4 is 23.2 Å². The highest BCUT2D eigenvalue weighted by molar-refractivity contribution is 7.09. The van der Waals surface area contributed by atoms with Crippen LogP contribution in [0.15, 0.2) is 5.38 Å². The van der Waals surface area contributed by atoms with Crippen LogP contribution in [0.4, 0.5) is 0 Å². The second kappa shape index (κ2) is 16.4. The fraction of sp³-hybridized carbons (Fsp3) is 0.783. The lowest BCUT2D eigenvalue weighted by atomic mass is 10.1. The Morgan fingerprint density at radius 1 is 0.931 bits per heavy atom. The zero-order valence-electron chi connectivity index (χ0n) is 18.8. The Labute approximate surface area is 181 Å². The summed E-state index contributed by atoms with van der Waals surface area (Å²) in [7, 11) is 0. The van der Waals surface area contributed by atoms with Gasteiger partial charge >= 0.3 is 0 Å². The molecule has 2 amide bonds. The minimum absolute atomic E-state index is 0.127. The molecule has 166 valence electrons. The van der Waals surface area contributed by atoms with E-state index in [1.807, 2.05) is 11.8 Å². The first-order chi connectivity index (χ1) is 14.1. The van der Waals surface area contributed by atoms with E-state index in [1.165, 1.54) is 56.3 Å². The molecule has 0 aliphatic rings. The van der Waals surface area contributed by atoms with Crippen molar-refractivity contribution in [2.75, 3.05) is 13.1 Å². The average Bonchev–Trinajstić information content (AvgIpc) is 3.19. The molecule has 1 rings (SSSR count). The maximum atomic E-state index is 12.7. The summed E-state index contributed by atoms with van der Waals surface area (Å²) in [6.07, 6.45) is 13.8. The smallest absolute Gasteiger partial charge is 0.270 e. The van der Waals surface area contributed by atoms with Crippen LogP contribution in [0, 0.1) is 0 Å². The third kappa shape index (κ3) is 11.4. The lowest BCUT2D eigenvalue weighted by Gasteiger charge is -2.21. The van der Waals surface area contributed by atoms with Crippen LogP contribution < -0.4 is 5.32 Å². The number of unbranched alkanes of at least 4 members (excludes halogenated alkanes) is 8. The molecule has 0 aromatic carbocycles. The van der Waals surface area contributed by atoms with E-state index in [0.29, 0.717) is 25.2 Å². The molecule has 1 heterocycles. The Morgan fingerprint density at radius 3 is 2.21 bits per heavy atom. The van der Waals surface area contributed by atoms with E-state index in [1.54, 1.807) is 5.38 Å². The Morgan fingerprint density at radius 2 is 1.59 bits per heavy atom. The van der Waals surface area contributed by atoms with Crippen LogP contribution >= 0.6 is 11.3 Å². The highest BCUT2D eigenvalue weighted by Gasteiger charge is 2.16. The molecule has 0 atom stereocenters. The summed E-state index contributed by atoms with van der Waals surface area (Å²) < 4.78 is 0. The van der Waals surface area contributed by atoms with Crippen molar-refractivity contribution in [3.63, 3.8) is 0 Å². The van der Waals surface area contributed by atoms with Gasteiger partial charge in [0.05, 0.1) is 6.54 Å². The number of hydrogen-bond donors (Lipinski definition) is 1. The fourth-order valence-electron chi connectivity index (χ4n) is 3.29. The summed E-state index contributed by atoms with van der Waals surface area (Å²) in [6.45, 7) is 8.27. The summed E-state index contributed by atoms with van der Waals surface area (Å²) >= 11 is 1.46. The van der Waals surface area contributed by atoms with E-state index in [0.717, 1.165) is 37.2 Å². The highest BCUT2D eigenvalue weighted by Crippen LogP contribution is 2.15. The van der Waals surface area contributed by atoms with Crippen molar-refractivity contribution in [2.24, 2.45) is 0 Å². The molecule has 0 saturated heterocycles. The summed E-state index contributed by atoms with van der Waals surface area (Å²) in [5.41, 5.74) is 0.460. The molecule has 0 aliphatic heterocycles. The second-order valence-electron chi connectivity index (χ2n) is 7.78. The lowest BCUT2D eigenvalue weighted by Crippen LogP contribution is -2.31. The number of carbonyl (C=O) groups is 2. The van der Waals surface area contributed by atoms with E-state index < -0.39 is 0 Å². The van der Waals surface area contributed by atoms with Crippen LogP contribution in [0.2, 0.25) is 0 Å². The van der Waals surface area contributed by atoms with Crippen LogP contribution in [-0.4, -0.2) is 34.8 Å². The first-order valence-corrected chi connectivity index (χ1v) is 12.5. The van der Waals surface area contributed by atoms with Gasteiger partial charge in [-0.25, -0.2) is 4.98 Å². The first-order valence-electron chi connectivity index (χ1n) is 11.6. The third-order valence-corrected chi connectivity index (χ3v) is 5.82. The number of nitrogens with one attached hydrogen (secondary N) is 1. The standard InChI is InChI=1S/C23H41N3O2S/c1-4-7-8-9-10-11-12-13-14-15-22(27)26(17-6-3)18-21-25-20(19-29-21)23(28)24-16-5-2/h19H,4-18H2,1-3H3,(H,24,28). The SMILES string of the molecule is CCCCCCCCCCCC(=O)N(CCC)Cc1nc(C(=O)NCCC)cs1. The molecule has 1 aromatic rings. The molecular weight excluding hydrogens is 382 g/mol. The van der Waals surface area contributed by atoms with Gasteiger partial charge in [0.15, 0.2) is 0 Å². The number of carbonyl (C=O) groups excluding carboxylic acids is 2. The molecule has 0 spiro atoms. The van der Waals surface area contributed by atoms with Gasteiger partial charge in [-0.1, -0.05) is 72.1 Å². The van der Waals surface area contributed by atoms with Gasteiger partial charge in [0, 0.05) is 24.9 Å². The maximum absolute atomic E-state index is 12.7. The molecule has 0 aliphatic carbocycles. The number of thiazole rings is 1. The Kier molecular flexibility index (Phi) is 14.5. The molecule has 0 radical (unpaired) electrons. The van der Waals surface area contributed by atoms with E-state index in [2.05, 4.69) is 24.1 Å². The lowest BCUT2D eigenvalue weighted by molar-refractivity contribution is -0.132. The largest absolute Gasteiger partial charge is 0.351 e. The van der Waals surface area contributed by atoms with Crippen molar-refractivity contribution in [1.82, 2.24) is 15.2 Å². The predicted molar refractivity (Wildman–Crippen MR) is 122 cm³/mol. The van der Waals surface area contributed by atoms with Crippen LogP contribution in [-0.2, 0) is 11.3 Å². The zero-order valence-corrected chi connectivity index (χ0v) is 19.6. The third-order valence-electron chi connectivity index (χ3n) is 4.99. The molecule has 0 unspecified atom stereocenters. The van der Waals surface area contributed by atoms with Gasteiger partial charge in [0.1, 0.15) is 10.7 Å². The van der Waals surface area contributed by atoms with Crippen molar-refractivity contribution in [3.8, 4) is 0 Å². The van der Waals surface area contributed by atoms with E-state index in [-0.39, 0.29) is 11.8 Å². The van der Waals surface area contributed by atoms with Gasteiger partial charge in [-0.2, -0.15) is 0 Å². The first kappa shape index (κ1) is 25.6. The van der Waals surface area contributed by atoms with Crippen molar-refractivity contribution in [3.05, 3.63) is 16.1 Å². The normalized spacial score (nSPS) is 10.9. The van der Waals surface area contributed by atoms with Crippen LogP contribution in [0.5, 0.6) is 0 Å². The van der Waals surface area contributed by atoms with E-state index >= 15 is 0 Å². The van der Waals surface area contributed by atoms with Gasteiger partial charge in [-0.15, -0.1) is 11.3 Å². The van der Waals surface area contributed by atoms with Crippen LogP contribution in [0.3, 0.4) is 0 Å². The molecule has 0 saturated carbocycles. The van der Waals surface area contributed by atoms with Crippen molar-refractivity contribution in [2.45, 2.75) is 104 Å². The predicted octanol–water partition coefficient (Wildman–Crippen LogP) is 5.94. The quantitative estimate of drug-likeness (QED) is 0.315. The number of rotatable bonds is 17. The Balaban J connectivity index is 2.33. The van der Waals surface area contributed by atoms with Crippen molar-refractivity contribution < 1.29 is 9.59 Å². The molecule has 29 heavy (non-hydrogen) atoms. The molecule has 1 aromatic heterocycles. The van der Waals surface area contributed by atoms with Crippen molar-refractivity contribution in [1.29, 1.82) is 0 Å². The Bertz CT molecular complexity index is 574. The zero-order chi connectivity index (χ0) is 21.3. The highest BCUT2D eigenvalue weighted by atomic mass is 32.1. The molecule has 5 nitrogen and oxygen atoms in total. The molecule has 1 N–H and O–H groups in total. The van der Waals surface area contributed by atoms with Gasteiger partial charge in [0.25, 0.3) is 5.91 Å². The topological polar surface area (TPSA) is 62.3 Å². The van der Waals surface area contributed by atoms with Gasteiger partial charge in [0.2, 0.25) is 5.91 Å². The summed E-state index contributed by atoms with van der Waals surface area (Å²) in [5.74, 6) is 0.0828. The number of aromatic nitrogens is 1. The monoisotopic (exact) mass is 423 g/mol. The van der Waals surface area contributed by atoms with Crippen LogP contribution in [0.1, 0.15) is 113 Å². The fourth-order valence-corrected chi connectivity index (χ4v) is 4.08. The average molecular weight is 424 g/mol. The molecule has 0 fully saturated rings. The minimum Gasteiger partial charge on any atom is -0.351 e. The Hall–Kier alpha value is -1.43. The maximum Gasteiger partial charge on any atom is 0.270 e. The molecule has 0 bridgehead atoms. The van der Waals surface area contributed by atoms with Gasteiger partial charge < -0.3 is 10.2 Å². The van der Waals surface area contributed by atoms with Gasteiger partial charge in [-0.3, -0.25) is 9.59 Å².